The van der Waals surface area contributed by atoms with Crippen molar-refractivity contribution in [3.05, 3.63) is 91.3 Å². The number of ether oxygens (including phenoxy) is 2. The Kier molecular flexibility index (Phi) is 10.7. The third-order valence-electron chi connectivity index (χ3n) is 9.65. The molecular formula is C38H43ClN8O5. The molecule has 13 nitrogen and oxygen atoms in total. The van der Waals surface area contributed by atoms with Crippen LogP contribution in [0.1, 0.15) is 37.0 Å². The van der Waals surface area contributed by atoms with Crippen molar-refractivity contribution in [3.63, 3.8) is 0 Å². The number of halogens is 1. The molecule has 1 spiro atoms. The zero-order valence-electron chi connectivity index (χ0n) is 30.2. The second kappa shape index (κ2) is 15.2. The fraction of sp³-hybridized carbons (Fsp3) is 0.368. The Morgan fingerprint density at radius 1 is 0.962 bits per heavy atom. The van der Waals surface area contributed by atoms with E-state index < -0.39 is 11.2 Å². The molecule has 3 N–H and O–H groups in total. The minimum Gasteiger partial charge on any atom is -0.481 e. The molecule has 3 aromatic heterocycles. The van der Waals surface area contributed by atoms with Gasteiger partial charge in [-0.25, -0.2) is 19.7 Å². The van der Waals surface area contributed by atoms with Crippen molar-refractivity contribution in [2.75, 3.05) is 38.7 Å². The lowest BCUT2D eigenvalue weighted by molar-refractivity contribution is -0.150. The summed E-state index contributed by atoms with van der Waals surface area (Å²) in [5, 5.41) is 10.00. The fourth-order valence-corrected chi connectivity index (χ4v) is 7.01. The van der Waals surface area contributed by atoms with Gasteiger partial charge < -0.3 is 25.4 Å². The zero-order valence-corrected chi connectivity index (χ0v) is 31.0. The highest BCUT2D eigenvalue weighted by atomic mass is 35.5. The van der Waals surface area contributed by atoms with E-state index in [2.05, 4.69) is 32.0 Å². The Labute approximate surface area is 306 Å². The van der Waals surface area contributed by atoms with Crippen molar-refractivity contribution in [3.8, 4) is 28.3 Å². The lowest BCUT2D eigenvalue weighted by Gasteiger charge is -2.44. The third kappa shape index (κ3) is 6.79. The zero-order chi connectivity index (χ0) is 37.2. The summed E-state index contributed by atoms with van der Waals surface area (Å²) < 4.78 is 13.3. The first-order valence-corrected chi connectivity index (χ1v) is 17.7. The van der Waals surface area contributed by atoms with Gasteiger partial charge in [0.1, 0.15) is 29.7 Å². The van der Waals surface area contributed by atoms with E-state index in [1.807, 2.05) is 57.2 Å². The topological polar surface area (TPSA) is 154 Å². The average molecular weight is 727 g/mol. The van der Waals surface area contributed by atoms with Gasteiger partial charge in [-0.3, -0.25) is 18.7 Å². The largest absolute Gasteiger partial charge is 0.481 e. The predicted molar refractivity (Wildman–Crippen MR) is 203 cm³/mol. The van der Waals surface area contributed by atoms with Crippen molar-refractivity contribution in [2.24, 2.45) is 14.1 Å². The molecule has 0 unspecified atom stereocenters. The second-order valence-corrected chi connectivity index (χ2v) is 13.1. The molecule has 2 aliphatic heterocycles. The van der Waals surface area contributed by atoms with Crippen LogP contribution < -0.4 is 31.9 Å². The Morgan fingerprint density at radius 2 is 1.69 bits per heavy atom. The van der Waals surface area contributed by atoms with E-state index in [1.54, 1.807) is 14.2 Å². The lowest BCUT2D eigenvalue weighted by atomic mass is 9.96. The molecule has 0 bridgehead atoms. The first kappa shape index (κ1) is 36.7. The highest BCUT2D eigenvalue weighted by molar-refractivity contribution is 6.36. The van der Waals surface area contributed by atoms with Crippen molar-refractivity contribution >= 4 is 40.0 Å². The summed E-state index contributed by atoms with van der Waals surface area (Å²) >= 11 is 7.06. The van der Waals surface area contributed by atoms with Crippen LogP contribution in [0.4, 0.5) is 11.5 Å². The molecule has 0 saturated carbocycles. The number of hydrogen-bond donors (Lipinski definition) is 3. The lowest BCUT2D eigenvalue weighted by Crippen LogP contribution is -2.69. The molecule has 272 valence electrons. The number of morpholine rings is 1. The van der Waals surface area contributed by atoms with Gasteiger partial charge in [-0.1, -0.05) is 55.8 Å². The number of rotatable bonds is 5. The van der Waals surface area contributed by atoms with Gasteiger partial charge in [0.2, 0.25) is 11.8 Å². The number of aryl methyl sites for hydroxylation is 2. The number of hydrogen-bond acceptors (Lipinski definition) is 10. The summed E-state index contributed by atoms with van der Waals surface area (Å²) in [6, 6.07) is 13.9. The predicted octanol–water partition coefficient (Wildman–Crippen LogP) is 4.46. The second-order valence-electron chi connectivity index (χ2n) is 12.8. The molecule has 14 heteroatoms. The Bertz CT molecular complexity index is 2270. The van der Waals surface area contributed by atoms with E-state index >= 15 is 0 Å². The molecule has 0 radical (unpaired) electrons. The maximum absolute atomic E-state index is 13.0. The van der Waals surface area contributed by atoms with Gasteiger partial charge in [0.05, 0.1) is 17.8 Å². The molecule has 5 aromatic rings. The highest BCUT2D eigenvalue weighted by Gasteiger charge is 2.41. The summed E-state index contributed by atoms with van der Waals surface area (Å²) in [6.07, 6.45) is 4.40. The highest BCUT2D eigenvalue weighted by Crippen LogP contribution is 2.41. The minimum absolute atomic E-state index is 0.00229. The number of nitrogens with one attached hydrogen (secondary N) is 3. The van der Waals surface area contributed by atoms with Crippen LogP contribution in [-0.2, 0) is 36.5 Å². The number of methoxy groups -OCH3 is 1. The van der Waals surface area contributed by atoms with Crippen LogP contribution in [0.25, 0.3) is 33.4 Å². The SMILES string of the molecule is CC.COc1nc(-c2cccc(-c3cccc(Nc4ncnc5c4c(=O)n(C)c(=O)n5C)c3C)c2Cl)cc2c1CCC2.O=C1COC2(CNC2)CN1. The van der Waals surface area contributed by atoms with Gasteiger partial charge in [-0.15, -0.1) is 0 Å². The van der Waals surface area contributed by atoms with Crippen LogP contribution in [0.5, 0.6) is 5.88 Å². The van der Waals surface area contributed by atoms with E-state index in [4.69, 9.17) is 26.1 Å². The number of fused-ring (bicyclic) bond motifs is 2. The molecule has 1 amide bonds. The smallest absolute Gasteiger partial charge is 0.332 e. The van der Waals surface area contributed by atoms with Gasteiger partial charge in [0, 0.05) is 56.1 Å². The summed E-state index contributed by atoms with van der Waals surface area (Å²) in [5.41, 5.74) is 6.75. The van der Waals surface area contributed by atoms with Gasteiger partial charge in [0.15, 0.2) is 5.65 Å². The van der Waals surface area contributed by atoms with E-state index in [0.717, 1.165) is 70.6 Å². The fourth-order valence-electron chi connectivity index (χ4n) is 6.68. The molecule has 2 fully saturated rings. The number of nitrogens with zero attached hydrogens (tertiary/aromatic N) is 5. The number of anilines is 2. The maximum Gasteiger partial charge on any atom is 0.332 e. The van der Waals surface area contributed by atoms with Crippen molar-refractivity contribution in [1.29, 1.82) is 0 Å². The monoisotopic (exact) mass is 726 g/mol. The first-order valence-electron chi connectivity index (χ1n) is 17.4. The van der Waals surface area contributed by atoms with Gasteiger partial charge in [-0.2, -0.15) is 0 Å². The molecule has 0 atom stereocenters. The molecule has 1 aliphatic carbocycles. The molecule has 2 saturated heterocycles. The number of carbonyl (C=O) groups is 1. The Hall–Kier alpha value is -5.11. The molecule has 52 heavy (non-hydrogen) atoms. The van der Waals surface area contributed by atoms with Gasteiger partial charge in [0.25, 0.3) is 5.56 Å². The van der Waals surface area contributed by atoms with Crippen LogP contribution in [0, 0.1) is 6.92 Å². The summed E-state index contributed by atoms with van der Waals surface area (Å²) in [6.45, 7) is 8.61. The Balaban J connectivity index is 0.000000328. The summed E-state index contributed by atoms with van der Waals surface area (Å²) in [5.74, 6) is 0.975. The van der Waals surface area contributed by atoms with Crippen LogP contribution in [-0.4, -0.2) is 68.9 Å². The van der Waals surface area contributed by atoms with E-state index in [1.165, 1.54) is 29.1 Å². The third-order valence-corrected chi connectivity index (χ3v) is 10.1. The number of aromatic nitrogens is 5. The average Bonchev–Trinajstić information content (AvgIpc) is 3.64. The van der Waals surface area contributed by atoms with E-state index in [9.17, 15) is 14.4 Å². The normalized spacial score (nSPS) is 15.4. The number of pyridine rings is 1. The molecular weight excluding hydrogens is 684 g/mol. The minimum atomic E-state index is -0.469. The van der Waals surface area contributed by atoms with Crippen LogP contribution in [0.3, 0.4) is 0 Å². The number of carbonyl (C=O) groups excluding carboxylic acids is 1. The van der Waals surface area contributed by atoms with Crippen LogP contribution in [0.2, 0.25) is 5.02 Å². The molecule has 8 rings (SSSR count). The quantitative estimate of drug-likeness (QED) is 0.237. The standard InChI is InChI=1S/C30H27ClN6O3.C6H10N2O2.C2H6/c1-16-18(20-11-6-12-21(25(20)31)23-14-17-8-5-10-19(17)28(35-23)40-4)9-7-13-22(16)34-26-24-27(33-15-32-26)36(2)30(39)37(3)29(24)38;9-5-1-10-6(4-8-5)2-7-3-6;1-2/h6-7,9,11-15H,5,8,10H2,1-4H3,(H,32,33,34);7H,1-4H2,(H,8,9);1-2H3. The van der Waals surface area contributed by atoms with Crippen LogP contribution >= 0.6 is 11.6 Å². The number of benzene rings is 2. The summed E-state index contributed by atoms with van der Waals surface area (Å²) in [7, 11) is 4.67. The van der Waals surface area contributed by atoms with Crippen molar-refractivity contribution in [1.82, 2.24) is 34.7 Å². The summed E-state index contributed by atoms with van der Waals surface area (Å²) in [4.78, 5) is 49.4. The molecule has 2 aromatic carbocycles. The van der Waals surface area contributed by atoms with Crippen LogP contribution in [0.15, 0.2) is 58.4 Å². The van der Waals surface area contributed by atoms with Crippen molar-refractivity contribution in [2.45, 2.75) is 45.6 Å². The van der Waals surface area contributed by atoms with Gasteiger partial charge in [-0.05, 0) is 55.0 Å². The molecule has 5 heterocycles. The first-order chi connectivity index (χ1) is 25.1. The molecule has 3 aliphatic rings. The maximum atomic E-state index is 13.0. The number of amides is 1. The van der Waals surface area contributed by atoms with Crippen molar-refractivity contribution < 1.29 is 14.3 Å². The Morgan fingerprint density at radius 3 is 2.38 bits per heavy atom. The van der Waals surface area contributed by atoms with E-state index in [-0.39, 0.29) is 29.1 Å². The van der Waals surface area contributed by atoms with Gasteiger partial charge >= 0.3 is 5.69 Å². The van der Waals surface area contributed by atoms with E-state index in [0.29, 0.717) is 23.3 Å².